The fourth-order valence-electron chi connectivity index (χ4n) is 1.98. The Morgan fingerprint density at radius 3 is 2.47 bits per heavy atom. The number of non-ortho nitro benzene ring substituents is 1. The van der Waals surface area contributed by atoms with Gasteiger partial charge in [-0.2, -0.15) is 0 Å². The lowest BCUT2D eigenvalue weighted by molar-refractivity contribution is -0.384. The van der Waals surface area contributed by atoms with E-state index in [2.05, 4.69) is 26.1 Å². The van der Waals surface area contributed by atoms with E-state index in [1.807, 2.05) is 13.0 Å². The van der Waals surface area contributed by atoms with Gasteiger partial charge in [-0.1, -0.05) is 20.8 Å². The second kappa shape index (κ2) is 6.97. The predicted molar refractivity (Wildman–Crippen MR) is 76.8 cm³/mol. The van der Waals surface area contributed by atoms with E-state index in [0.29, 0.717) is 18.3 Å². The Bertz CT molecular complexity index is 433. The number of nitro groups is 1. The topological polar surface area (TPSA) is 64.4 Å². The summed E-state index contributed by atoms with van der Waals surface area (Å²) in [5.74, 6) is 0.984. The van der Waals surface area contributed by atoms with E-state index in [-0.39, 0.29) is 11.7 Å². The zero-order chi connectivity index (χ0) is 14.4. The molecule has 0 aliphatic carbocycles. The third kappa shape index (κ3) is 4.43. The Hall–Kier alpha value is -1.78. The van der Waals surface area contributed by atoms with E-state index >= 15 is 0 Å². The van der Waals surface area contributed by atoms with Crippen LogP contribution >= 0.6 is 0 Å². The first-order valence-corrected chi connectivity index (χ1v) is 6.66. The molecular formula is C14H22N2O3. The molecule has 0 fully saturated rings. The van der Waals surface area contributed by atoms with Gasteiger partial charge in [0, 0.05) is 23.9 Å². The lowest BCUT2D eigenvalue weighted by Crippen LogP contribution is -2.24. The van der Waals surface area contributed by atoms with Crippen LogP contribution in [0.1, 0.15) is 34.1 Å². The Morgan fingerprint density at radius 1 is 1.32 bits per heavy atom. The average Bonchev–Trinajstić information content (AvgIpc) is 2.35. The van der Waals surface area contributed by atoms with Crippen molar-refractivity contribution >= 4 is 11.4 Å². The van der Waals surface area contributed by atoms with Crippen molar-refractivity contribution in [3.8, 4) is 5.75 Å². The molecule has 5 heteroatoms. The van der Waals surface area contributed by atoms with Gasteiger partial charge < -0.3 is 10.1 Å². The summed E-state index contributed by atoms with van der Waals surface area (Å²) >= 11 is 0. The fraction of sp³-hybridized carbons (Fsp3) is 0.571. The van der Waals surface area contributed by atoms with E-state index in [4.69, 9.17) is 4.74 Å². The van der Waals surface area contributed by atoms with Gasteiger partial charge in [0.25, 0.3) is 5.69 Å². The summed E-state index contributed by atoms with van der Waals surface area (Å²) in [5.41, 5.74) is 0.783. The van der Waals surface area contributed by atoms with E-state index in [1.54, 1.807) is 6.07 Å². The molecule has 5 nitrogen and oxygen atoms in total. The second-order valence-corrected chi connectivity index (χ2v) is 4.81. The molecule has 1 N–H and O–H groups in total. The third-order valence-electron chi connectivity index (χ3n) is 3.01. The van der Waals surface area contributed by atoms with Crippen LogP contribution in [-0.4, -0.2) is 17.6 Å². The molecule has 1 rings (SSSR count). The van der Waals surface area contributed by atoms with Crippen LogP contribution < -0.4 is 10.1 Å². The van der Waals surface area contributed by atoms with E-state index < -0.39 is 4.92 Å². The standard InChI is InChI=1S/C14H22N2O3/c1-5-14(10(3)4)15-11-7-12(16(17)18)9-13(8-11)19-6-2/h7-10,14-15H,5-6H2,1-4H3. The Labute approximate surface area is 114 Å². The van der Waals surface area contributed by atoms with Gasteiger partial charge in [-0.25, -0.2) is 0 Å². The SMILES string of the molecule is CCOc1cc(NC(CC)C(C)C)cc([N+](=O)[O-])c1. The minimum absolute atomic E-state index is 0.0482. The highest BCUT2D eigenvalue weighted by atomic mass is 16.6. The summed E-state index contributed by atoms with van der Waals surface area (Å²) < 4.78 is 5.37. The zero-order valence-electron chi connectivity index (χ0n) is 12.0. The number of nitrogens with zero attached hydrogens (tertiary/aromatic N) is 1. The summed E-state index contributed by atoms with van der Waals surface area (Å²) in [5, 5.41) is 14.3. The molecule has 0 spiro atoms. The second-order valence-electron chi connectivity index (χ2n) is 4.81. The van der Waals surface area contributed by atoms with Crippen LogP contribution in [-0.2, 0) is 0 Å². The van der Waals surface area contributed by atoms with Crippen LogP contribution in [0.25, 0.3) is 0 Å². The summed E-state index contributed by atoms with van der Waals surface area (Å²) in [7, 11) is 0. The molecule has 19 heavy (non-hydrogen) atoms. The van der Waals surface area contributed by atoms with Crippen molar-refractivity contribution in [3.63, 3.8) is 0 Å². The van der Waals surface area contributed by atoms with Crippen molar-refractivity contribution in [3.05, 3.63) is 28.3 Å². The van der Waals surface area contributed by atoms with Crippen LogP contribution in [0.5, 0.6) is 5.75 Å². The Kier molecular flexibility index (Phi) is 5.60. The molecule has 0 aromatic heterocycles. The minimum Gasteiger partial charge on any atom is -0.494 e. The number of hydrogen-bond acceptors (Lipinski definition) is 4. The molecular weight excluding hydrogens is 244 g/mol. The summed E-state index contributed by atoms with van der Waals surface area (Å²) in [6.45, 7) is 8.69. The van der Waals surface area contributed by atoms with Gasteiger partial charge >= 0.3 is 0 Å². The smallest absolute Gasteiger partial charge is 0.275 e. The van der Waals surface area contributed by atoms with E-state index in [9.17, 15) is 10.1 Å². The Balaban J connectivity index is 3.01. The number of rotatable bonds is 7. The van der Waals surface area contributed by atoms with Gasteiger partial charge in [-0.05, 0) is 19.3 Å². The molecule has 0 radical (unpaired) electrons. The molecule has 0 bridgehead atoms. The molecule has 1 unspecified atom stereocenters. The number of nitro benzene ring substituents is 1. The van der Waals surface area contributed by atoms with Gasteiger partial charge in [0.15, 0.2) is 0 Å². The molecule has 1 aromatic rings. The fourth-order valence-corrected chi connectivity index (χ4v) is 1.98. The average molecular weight is 266 g/mol. The van der Waals surface area contributed by atoms with Crippen molar-refractivity contribution in [1.82, 2.24) is 0 Å². The molecule has 0 aliphatic rings. The number of nitrogens with one attached hydrogen (secondary N) is 1. The molecule has 1 aromatic carbocycles. The van der Waals surface area contributed by atoms with Crippen LogP contribution in [0.3, 0.4) is 0 Å². The molecule has 0 saturated heterocycles. The highest BCUT2D eigenvalue weighted by Gasteiger charge is 2.15. The molecule has 0 amide bonds. The van der Waals surface area contributed by atoms with Crippen molar-refractivity contribution in [2.75, 3.05) is 11.9 Å². The monoisotopic (exact) mass is 266 g/mol. The first kappa shape index (κ1) is 15.3. The molecule has 0 heterocycles. The van der Waals surface area contributed by atoms with Gasteiger partial charge in [0.2, 0.25) is 0 Å². The maximum Gasteiger partial charge on any atom is 0.275 e. The molecule has 1 atom stereocenters. The van der Waals surface area contributed by atoms with Crippen molar-refractivity contribution < 1.29 is 9.66 Å². The van der Waals surface area contributed by atoms with Crippen LogP contribution in [0.15, 0.2) is 18.2 Å². The highest BCUT2D eigenvalue weighted by Crippen LogP contribution is 2.27. The minimum atomic E-state index is -0.399. The number of hydrogen-bond donors (Lipinski definition) is 1. The van der Waals surface area contributed by atoms with Crippen LogP contribution in [0, 0.1) is 16.0 Å². The number of ether oxygens (including phenoxy) is 1. The zero-order valence-corrected chi connectivity index (χ0v) is 12.0. The maximum absolute atomic E-state index is 10.9. The maximum atomic E-state index is 10.9. The molecule has 106 valence electrons. The first-order valence-electron chi connectivity index (χ1n) is 6.66. The number of benzene rings is 1. The van der Waals surface area contributed by atoms with E-state index in [1.165, 1.54) is 6.07 Å². The highest BCUT2D eigenvalue weighted by molar-refractivity contribution is 5.56. The predicted octanol–water partition coefficient (Wildman–Crippen LogP) is 3.84. The van der Waals surface area contributed by atoms with Gasteiger partial charge in [0.1, 0.15) is 5.75 Å². The van der Waals surface area contributed by atoms with Crippen LogP contribution in [0.4, 0.5) is 11.4 Å². The van der Waals surface area contributed by atoms with Crippen molar-refractivity contribution in [1.29, 1.82) is 0 Å². The van der Waals surface area contributed by atoms with E-state index in [0.717, 1.165) is 12.1 Å². The van der Waals surface area contributed by atoms with Crippen LogP contribution in [0.2, 0.25) is 0 Å². The van der Waals surface area contributed by atoms with Gasteiger partial charge in [-0.3, -0.25) is 10.1 Å². The lowest BCUT2D eigenvalue weighted by atomic mass is 10.0. The normalized spacial score (nSPS) is 12.3. The molecule has 0 aliphatic heterocycles. The summed E-state index contributed by atoms with van der Waals surface area (Å²) in [6, 6.07) is 5.09. The largest absolute Gasteiger partial charge is 0.494 e. The Morgan fingerprint density at radius 2 is 2.00 bits per heavy atom. The summed E-state index contributed by atoms with van der Waals surface area (Å²) in [6.07, 6.45) is 0.963. The first-order chi connectivity index (χ1) is 8.97. The number of anilines is 1. The van der Waals surface area contributed by atoms with Crippen molar-refractivity contribution in [2.45, 2.75) is 40.2 Å². The third-order valence-corrected chi connectivity index (χ3v) is 3.01. The van der Waals surface area contributed by atoms with Gasteiger partial charge in [0.05, 0.1) is 17.6 Å². The quantitative estimate of drug-likeness (QED) is 0.601. The van der Waals surface area contributed by atoms with Gasteiger partial charge in [-0.15, -0.1) is 0 Å². The molecule has 0 saturated carbocycles. The lowest BCUT2D eigenvalue weighted by Gasteiger charge is -2.22. The van der Waals surface area contributed by atoms with Crippen molar-refractivity contribution in [2.24, 2.45) is 5.92 Å². The summed E-state index contributed by atoms with van der Waals surface area (Å²) in [4.78, 5) is 10.5.